The molecule has 2 heterocycles. The van der Waals surface area contributed by atoms with Crippen LogP contribution in [0.25, 0.3) is 6.20 Å². The van der Waals surface area contributed by atoms with Crippen molar-refractivity contribution in [1.82, 2.24) is 20.2 Å². The van der Waals surface area contributed by atoms with Crippen LogP contribution in [-0.4, -0.2) is 32.9 Å². The number of ether oxygens (including phenoxy) is 2. The number of benzene rings is 1. The molecular weight excluding hydrogens is 250 g/mol. The molecule has 1 aliphatic rings. The molecule has 8 nitrogen and oxygen atoms in total. The van der Waals surface area contributed by atoms with E-state index in [4.69, 9.17) is 9.47 Å². The van der Waals surface area contributed by atoms with Gasteiger partial charge in [0, 0.05) is 11.8 Å². The molecule has 0 bridgehead atoms. The number of hydrogen-bond donors (Lipinski definition) is 1. The summed E-state index contributed by atoms with van der Waals surface area (Å²) in [7, 11) is 0. The zero-order valence-electron chi connectivity index (χ0n) is 9.74. The Kier molecular flexibility index (Phi) is 2.60. The van der Waals surface area contributed by atoms with Crippen LogP contribution in [0, 0.1) is 0 Å². The average Bonchev–Trinajstić information content (AvgIpc) is 3.05. The van der Waals surface area contributed by atoms with Crippen LogP contribution in [0.4, 0.5) is 5.95 Å². The van der Waals surface area contributed by atoms with Crippen LogP contribution in [-0.2, 0) is 0 Å². The molecule has 0 spiro atoms. The van der Waals surface area contributed by atoms with Gasteiger partial charge >= 0.3 is 0 Å². The van der Waals surface area contributed by atoms with E-state index in [1.54, 1.807) is 18.2 Å². The fourth-order valence-corrected chi connectivity index (χ4v) is 1.56. The molecule has 8 heteroatoms. The molecule has 1 aromatic carbocycles. The second kappa shape index (κ2) is 4.41. The number of nitrogens with zero attached hydrogens (tertiary/aromatic N) is 4. The van der Waals surface area contributed by atoms with E-state index in [0.717, 1.165) is 4.80 Å². The first-order valence-corrected chi connectivity index (χ1v) is 5.39. The highest BCUT2D eigenvalue weighted by Crippen LogP contribution is 2.32. The lowest BCUT2D eigenvalue weighted by molar-refractivity contribution is 0.102. The third-order valence-electron chi connectivity index (χ3n) is 2.45. The quantitative estimate of drug-likeness (QED) is 0.874. The first kappa shape index (κ1) is 11.2. The van der Waals surface area contributed by atoms with Gasteiger partial charge in [0.25, 0.3) is 11.9 Å². The van der Waals surface area contributed by atoms with Gasteiger partial charge in [-0.3, -0.25) is 10.1 Å². The molecule has 2 aromatic rings. The maximum absolute atomic E-state index is 12.0. The SMILES string of the molecule is C=Cn1nnc(NC(=O)c2ccc3c(c2)OCO3)n1. The molecule has 1 aromatic heterocycles. The molecule has 0 aliphatic carbocycles. The zero-order chi connectivity index (χ0) is 13.2. The minimum absolute atomic E-state index is 0.0996. The Labute approximate surface area is 107 Å². The van der Waals surface area contributed by atoms with Crippen LogP contribution in [0.2, 0.25) is 0 Å². The summed E-state index contributed by atoms with van der Waals surface area (Å²) >= 11 is 0. The van der Waals surface area contributed by atoms with E-state index < -0.39 is 0 Å². The number of amides is 1. The van der Waals surface area contributed by atoms with Crippen molar-refractivity contribution >= 4 is 18.1 Å². The summed E-state index contributed by atoms with van der Waals surface area (Å²) in [6.07, 6.45) is 1.36. The van der Waals surface area contributed by atoms with Crippen LogP contribution in [0.15, 0.2) is 24.8 Å². The van der Waals surface area contributed by atoms with Gasteiger partial charge in [0.1, 0.15) is 0 Å². The van der Waals surface area contributed by atoms with Gasteiger partial charge in [-0.15, -0.1) is 9.90 Å². The molecule has 0 unspecified atom stereocenters. The number of nitrogens with one attached hydrogen (secondary N) is 1. The Hall–Kier alpha value is -2.90. The third kappa shape index (κ3) is 2.10. The second-order valence-electron chi connectivity index (χ2n) is 3.64. The smallest absolute Gasteiger partial charge is 0.270 e. The van der Waals surface area contributed by atoms with Crippen LogP contribution >= 0.6 is 0 Å². The Morgan fingerprint density at radius 3 is 3.05 bits per heavy atom. The number of hydrogen-bond acceptors (Lipinski definition) is 6. The molecule has 96 valence electrons. The number of carbonyl (C=O) groups is 1. The zero-order valence-corrected chi connectivity index (χ0v) is 9.74. The molecule has 0 saturated heterocycles. The minimum atomic E-state index is -0.359. The summed E-state index contributed by atoms with van der Waals surface area (Å²) in [4.78, 5) is 13.1. The minimum Gasteiger partial charge on any atom is -0.454 e. The molecule has 1 N–H and O–H groups in total. The van der Waals surface area contributed by atoms with Gasteiger partial charge in [-0.05, 0) is 23.4 Å². The standard InChI is InChI=1S/C11H9N5O3/c1-2-16-14-11(13-15-16)12-10(17)7-3-4-8-9(5-7)19-6-18-8/h2-5H,1,6H2,(H,12,14,17). The van der Waals surface area contributed by atoms with Crippen molar-refractivity contribution in [2.45, 2.75) is 0 Å². The average molecular weight is 259 g/mol. The summed E-state index contributed by atoms with van der Waals surface area (Å²) in [5, 5.41) is 13.7. The summed E-state index contributed by atoms with van der Waals surface area (Å²) in [5.74, 6) is 0.895. The van der Waals surface area contributed by atoms with E-state index in [1.807, 2.05) is 0 Å². The molecule has 1 amide bonds. The fourth-order valence-electron chi connectivity index (χ4n) is 1.56. The normalized spacial score (nSPS) is 12.2. The van der Waals surface area contributed by atoms with E-state index in [0.29, 0.717) is 17.1 Å². The predicted octanol–water partition coefficient (Wildman–Crippen LogP) is 0.755. The molecule has 0 saturated carbocycles. The van der Waals surface area contributed by atoms with Crippen molar-refractivity contribution in [2.75, 3.05) is 12.1 Å². The van der Waals surface area contributed by atoms with Gasteiger partial charge in [0.05, 0.1) is 0 Å². The molecule has 1 aliphatic heterocycles. The van der Waals surface area contributed by atoms with E-state index in [1.165, 1.54) is 6.20 Å². The summed E-state index contributed by atoms with van der Waals surface area (Å²) in [6.45, 7) is 3.64. The number of rotatable bonds is 3. The van der Waals surface area contributed by atoms with Gasteiger partial charge in [-0.25, -0.2) is 0 Å². The Bertz CT molecular complexity index is 652. The van der Waals surface area contributed by atoms with Gasteiger partial charge in [-0.1, -0.05) is 11.7 Å². The second-order valence-corrected chi connectivity index (χ2v) is 3.64. The van der Waals surface area contributed by atoms with Crippen molar-refractivity contribution in [3.8, 4) is 11.5 Å². The van der Waals surface area contributed by atoms with Crippen LogP contribution in [0.3, 0.4) is 0 Å². The van der Waals surface area contributed by atoms with E-state index >= 15 is 0 Å². The van der Waals surface area contributed by atoms with Gasteiger partial charge in [0.2, 0.25) is 6.79 Å². The summed E-state index contributed by atoms with van der Waals surface area (Å²) < 4.78 is 10.4. The highest BCUT2D eigenvalue weighted by atomic mass is 16.7. The summed E-state index contributed by atoms with van der Waals surface area (Å²) in [6, 6.07) is 4.89. The Morgan fingerprint density at radius 2 is 2.26 bits per heavy atom. The molecule has 0 atom stereocenters. The predicted molar refractivity (Wildman–Crippen MR) is 64.7 cm³/mol. The lowest BCUT2D eigenvalue weighted by Crippen LogP contribution is -2.13. The number of carbonyl (C=O) groups excluding carboxylic acids is 1. The van der Waals surface area contributed by atoms with Crippen LogP contribution in [0.1, 0.15) is 10.4 Å². The number of fused-ring (bicyclic) bond motifs is 1. The Balaban J connectivity index is 1.78. The maximum Gasteiger partial charge on any atom is 0.270 e. The molecule has 3 rings (SSSR count). The highest BCUT2D eigenvalue weighted by Gasteiger charge is 2.17. The first-order valence-electron chi connectivity index (χ1n) is 5.39. The van der Waals surface area contributed by atoms with Crippen LogP contribution in [0.5, 0.6) is 11.5 Å². The van der Waals surface area contributed by atoms with Crippen molar-refractivity contribution < 1.29 is 14.3 Å². The Morgan fingerprint density at radius 1 is 1.42 bits per heavy atom. The van der Waals surface area contributed by atoms with Crippen molar-refractivity contribution in [3.63, 3.8) is 0 Å². The molecule has 0 fully saturated rings. The molecule has 0 radical (unpaired) electrons. The largest absolute Gasteiger partial charge is 0.454 e. The maximum atomic E-state index is 12.0. The monoisotopic (exact) mass is 259 g/mol. The first-order chi connectivity index (χ1) is 9.26. The highest BCUT2D eigenvalue weighted by molar-refractivity contribution is 6.03. The number of aromatic nitrogens is 4. The van der Waals surface area contributed by atoms with Crippen LogP contribution < -0.4 is 14.8 Å². The third-order valence-corrected chi connectivity index (χ3v) is 2.45. The van der Waals surface area contributed by atoms with Gasteiger partial charge in [0.15, 0.2) is 11.5 Å². The lowest BCUT2D eigenvalue weighted by Gasteiger charge is -2.01. The fraction of sp³-hybridized carbons (Fsp3) is 0.0909. The van der Waals surface area contributed by atoms with Gasteiger partial charge in [-0.2, -0.15) is 0 Å². The number of anilines is 1. The summed E-state index contributed by atoms with van der Waals surface area (Å²) in [5.41, 5.74) is 0.416. The van der Waals surface area contributed by atoms with Crippen molar-refractivity contribution in [2.24, 2.45) is 0 Å². The molecular formula is C11H9N5O3. The van der Waals surface area contributed by atoms with E-state index in [2.05, 4.69) is 27.3 Å². The van der Waals surface area contributed by atoms with Gasteiger partial charge < -0.3 is 9.47 Å². The van der Waals surface area contributed by atoms with E-state index in [9.17, 15) is 4.79 Å². The molecule has 19 heavy (non-hydrogen) atoms. The van der Waals surface area contributed by atoms with E-state index in [-0.39, 0.29) is 18.6 Å². The lowest BCUT2D eigenvalue weighted by atomic mass is 10.2. The van der Waals surface area contributed by atoms with Crippen molar-refractivity contribution in [3.05, 3.63) is 30.3 Å². The van der Waals surface area contributed by atoms with Crippen molar-refractivity contribution in [1.29, 1.82) is 0 Å². The number of tetrazole rings is 1. The topological polar surface area (TPSA) is 91.2 Å².